The molecule has 0 unspecified atom stereocenters. The molecule has 0 saturated carbocycles. The van der Waals surface area contributed by atoms with Gasteiger partial charge in [0, 0.05) is 13.1 Å². The number of nitrogens with two attached hydrogens (primary N) is 1. The average molecular weight is 200 g/mol. The largest absolute Gasteiger partial charge is 0.322 e. The normalized spacial score (nSPS) is 10.0. The van der Waals surface area contributed by atoms with Gasteiger partial charge in [-0.25, -0.2) is 8.78 Å². The molecule has 0 saturated heterocycles. The number of nitrogens with zero attached hydrogens (tertiary/aromatic N) is 1. The van der Waals surface area contributed by atoms with E-state index in [0.29, 0.717) is 0 Å². The molecule has 2 N–H and O–H groups in total. The Labute approximate surface area is 80.1 Å². The zero-order valence-electron chi connectivity index (χ0n) is 7.63. The molecule has 1 amide bonds. The molecule has 0 aliphatic heterocycles. The fourth-order valence-corrected chi connectivity index (χ4v) is 1.01. The molecule has 0 bridgehead atoms. The van der Waals surface area contributed by atoms with Gasteiger partial charge in [0.1, 0.15) is 11.6 Å². The van der Waals surface area contributed by atoms with E-state index in [-0.39, 0.29) is 12.2 Å². The van der Waals surface area contributed by atoms with Gasteiger partial charge in [-0.15, -0.1) is 0 Å². The fraction of sp³-hybridized carbons (Fsp3) is 0.222. The first-order chi connectivity index (χ1) is 6.56. The van der Waals surface area contributed by atoms with E-state index in [1.807, 2.05) is 0 Å². The highest BCUT2D eigenvalue weighted by Gasteiger charge is 2.13. The molecule has 3 nitrogen and oxygen atoms in total. The van der Waals surface area contributed by atoms with Gasteiger partial charge in [0.2, 0.25) is 5.91 Å². The lowest BCUT2D eigenvalue weighted by molar-refractivity contribution is -0.117. The van der Waals surface area contributed by atoms with Crippen LogP contribution in [0.4, 0.5) is 14.5 Å². The van der Waals surface area contributed by atoms with Gasteiger partial charge >= 0.3 is 0 Å². The molecular formula is C9H10F2N2O. The maximum atomic E-state index is 13.1. The van der Waals surface area contributed by atoms with E-state index in [0.717, 1.165) is 23.1 Å². The summed E-state index contributed by atoms with van der Waals surface area (Å²) >= 11 is 0. The van der Waals surface area contributed by atoms with E-state index in [2.05, 4.69) is 0 Å². The lowest BCUT2D eigenvalue weighted by Gasteiger charge is -2.16. The fourth-order valence-electron chi connectivity index (χ4n) is 1.01. The number of anilines is 1. The highest BCUT2D eigenvalue weighted by Crippen LogP contribution is 2.18. The van der Waals surface area contributed by atoms with Gasteiger partial charge in [0.15, 0.2) is 0 Å². The zero-order valence-corrected chi connectivity index (χ0v) is 7.63. The van der Waals surface area contributed by atoms with Crippen LogP contribution in [0.5, 0.6) is 0 Å². The number of hydrogen-bond acceptors (Lipinski definition) is 2. The summed E-state index contributed by atoms with van der Waals surface area (Å²) in [5.74, 6) is -1.73. The molecule has 0 heterocycles. The number of benzene rings is 1. The van der Waals surface area contributed by atoms with Gasteiger partial charge in [0.05, 0.1) is 12.2 Å². The quantitative estimate of drug-likeness (QED) is 0.770. The van der Waals surface area contributed by atoms with Crippen molar-refractivity contribution in [2.45, 2.75) is 0 Å². The van der Waals surface area contributed by atoms with Crippen LogP contribution < -0.4 is 10.6 Å². The Morgan fingerprint density at radius 3 is 2.71 bits per heavy atom. The van der Waals surface area contributed by atoms with Crippen molar-refractivity contribution in [1.29, 1.82) is 0 Å². The van der Waals surface area contributed by atoms with E-state index in [9.17, 15) is 13.6 Å². The summed E-state index contributed by atoms with van der Waals surface area (Å²) in [5.41, 5.74) is 4.98. The van der Waals surface area contributed by atoms with Crippen LogP contribution in [0.1, 0.15) is 0 Å². The predicted molar refractivity (Wildman–Crippen MR) is 48.8 cm³/mol. The molecule has 1 rings (SSSR count). The van der Waals surface area contributed by atoms with Gasteiger partial charge < -0.3 is 10.6 Å². The Bertz CT molecular complexity index is 355. The number of amides is 1. The smallest absolute Gasteiger partial charge is 0.240 e. The van der Waals surface area contributed by atoms with Crippen molar-refractivity contribution in [3.63, 3.8) is 0 Å². The Hall–Kier alpha value is -1.49. The van der Waals surface area contributed by atoms with Crippen molar-refractivity contribution in [3.05, 3.63) is 29.8 Å². The van der Waals surface area contributed by atoms with Crippen molar-refractivity contribution < 1.29 is 13.6 Å². The summed E-state index contributed by atoms with van der Waals surface area (Å²) in [6.45, 7) is -0.244. The van der Waals surface area contributed by atoms with Crippen LogP contribution >= 0.6 is 0 Å². The molecule has 0 spiro atoms. The minimum Gasteiger partial charge on any atom is -0.322 e. The topological polar surface area (TPSA) is 46.3 Å². The molecule has 0 atom stereocenters. The number of halogens is 2. The Morgan fingerprint density at radius 2 is 2.14 bits per heavy atom. The second-order valence-corrected chi connectivity index (χ2v) is 2.75. The van der Waals surface area contributed by atoms with Gasteiger partial charge in [0.25, 0.3) is 0 Å². The van der Waals surface area contributed by atoms with E-state index in [4.69, 9.17) is 5.73 Å². The minimum absolute atomic E-state index is 0.111. The molecule has 0 fully saturated rings. The standard InChI is InChI=1S/C9H10F2N2O/c1-13(9(14)5-12)8-4-6(10)2-3-7(8)11/h2-4H,5,12H2,1H3. The number of carbonyl (C=O) groups is 1. The van der Waals surface area contributed by atoms with Gasteiger partial charge in [-0.1, -0.05) is 0 Å². The predicted octanol–water partition coefficient (Wildman–Crippen LogP) is 0.886. The average Bonchev–Trinajstić information content (AvgIpc) is 2.19. The highest BCUT2D eigenvalue weighted by molar-refractivity contribution is 5.94. The van der Waals surface area contributed by atoms with Gasteiger partial charge in [-0.2, -0.15) is 0 Å². The summed E-state index contributed by atoms with van der Waals surface area (Å²) in [6.07, 6.45) is 0. The zero-order chi connectivity index (χ0) is 10.7. The summed E-state index contributed by atoms with van der Waals surface area (Å²) < 4.78 is 25.9. The Morgan fingerprint density at radius 1 is 1.50 bits per heavy atom. The molecule has 1 aromatic carbocycles. The van der Waals surface area contributed by atoms with Crippen molar-refractivity contribution in [1.82, 2.24) is 0 Å². The molecular weight excluding hydrogens is 190 g/mol. The Balaban J connectivity index is 3.05. The van der Waals surface area contributed by atoms with Crippen LogP contribution in [-0.4, -0.2) is 19.5 Å². The monoisotopic (exact) mass is 200 g/mol. The first-order valence-electron chi connectivity index (χ1n) is 3.98. The molecule has 0 aliphatic carbocycles. The van der Waals surface area contributed by atoms with Crippen LogP contribution in [0.2, 0.25) is 0 Å². The molecule has 14 heavy (non-hydrogen) atoms. The van der Waals surface area contributed by atoms with Crippen molar-refractivity contribution in [2.24, 2.45) is 5.73 Å². The third kappa shape index (κ3) is 2.05. The summed E-state index contributed by atoms with van der Waals surface area (Å²) in [5, 5.41) is 0. The van der Waals surface area contributed by atoms with Gasteiger partial charge in [-0.3, -0.25) is 4.79 Å². The summed E-state index contributed by atoms with van der Waals surface area (Å²) in [4.78, 5) is 12.1. The lowest BCUT2D eigenvalue weighted by atomic mass is 10.2. The minimum atomic E-state index is -0.657. The highest BCUT2D eigenvalue weighted by atomic mass is 19.1. The molecule has 76 valence electrons. The van der Waals surface area contributed by atoms with Crippen LogP contribution in [0.3, 0.4) is 0 Å². The van der Waals surface area contributed by atoms with Crippen LogP contribution in [0.15, 0.2) is 18.2 Å². The number of hydrogen-bond donors (Lipinski definition) is 1. The van der Waals surface area contributed by atoms with E-state index < -0.39 is 17.5 Å². The molecule has 0 aromatic heterocycles. The van der Waals surface area contributed by atoms with E-state index >= 15 is 0 Å². The number of carbonyl (C=O) groups excluding carboxylic acids is 1. The first kappa shape index (κ1) is 10.6. The van der Waals surface area contributed by atoms with E-state index in [1.165, 1.54) is 7.05 Å². The van der Waals surface area contributed by atoms with Crippen molar-refractivity contribution in [3.8, 4) is 0 Å². The second-order valence-electron chi connectivity index (χ2n) is 2.75. The van der Waals surface area contributed by atoms with E-state index in [1.54, 1.807) is 0 Å². The first-order valence-corrected chi connectivity index (χ1v) is 3.98. The van der Waals surface area contributed by atoms with Gasteiger partial charge in [-0.05, 0) is 12.1 Å². The van der Waals surface area contributed by atoms with Crippen molar-refractivity contribution in [2.75, 3.05) is 18.5 Å². The summed E-state index contributed by atoms with van der Waals surface area (Å²) in [6, 6.07) is 2.90. The number of likely N-dealkylation sites (N-methyl/N-ethyl adjacent to an activating group) is 1. The van der Waals surface area contributed by atoms with Crippen molar-refractivity contribution >= 4 is 11.6 Å². The second kappa shape index (κ2) is 4.15. The molecule has 0 radical (unpaired) electrons. The maximum absolute atomic E-state index is 13.1. The Kier molecular flexibility index (Phi) is 3.14. The lowest BCUT2D eigenvalue weighted by Crippen LogP contribution is -2.33. The van der Waals surface area contributed by atoms with Crippen LogP contribution in [0.25, 0.3) is 0 Å². The molecule has 0 aliphatic rings. The summed E-state index contributed by atoms with van der Waals surface area (Å²) in [7, 11) is 1.34. The number of rotatable bonds is 2. The van der Waals surface area contributed by atoms with Crippen LogP contribution in [-0.2, 0) is 4.79 Å². The third-order valence-electron chi connectivity index (χ3n) is 1.82. The third-order valence-corrected chi connectivity index (χ3v) is 1.82. The molecule has 5 heteroatoms. The van der Waals surface area contributed by atoms with Crippen LogP contribution in [0, 0.1) is 11.6 Å². The maximum Gasteiger partial charge on any atom is 0.240 e. The molecule has 1 aromatic rings. The SMILES string of the molecule is CN(C(=O)CN)c1cc(F)ccc1F.